The Morgan fingerprint density at radius 3 is 2.38 bits per heavy atom. The lowest BCUT2D eigenvalue weighted by Crippen LogP contribution is -2.15. The van der Waals surface area contributed by atoms with Crippen molar-refractivity contribution in [3.63, 3.8) is 0 Å². The SMILES string of the molecule is CC(=O)Nc1ccc(-c2csc(NC(=O)CCOc3cc(C)cc(C)c3)n2)cc1. The maximum Gasteiger partial charge on any atom is 0.229 e. The molecule has 0 fully saturated rings. The van der Waals surface area contributed by atoms with E-state index in [1.54, 1.807) is 0 Å². The Hall–Kier alpha value is -3.19. The molecule has 2 N–H and O–H groups in total. The highest BCUT2D eigenvalue weighted by Crippen LogP contribution is 2.26. The summed E-state index contributed by atoms with van der Waals surface area (Å²) in [6.45, 7) is 5.80. The summed E-state index contributed by atoms with van der Waals surface area (Å²) in [5.41, 5.74) is 4.67. The molecule has 7 heteroatoms. The van der Waals surface area contributed by atoms with Crippen molar-refractivity contribution in [2.45, 2.75) is 27.2 Å². The predicted molar refractivity (Wildman–Crippen MR) is 117 cm³/mol. The normalized spacial score (nSPS) is 10.4. The van der Waals surface area contributed by atoms with Crippen molar-refractivity contribution < 1.29 is 14.3 Å². The van der Waals surface area contributed by atoms with E-state index in [4.69, 9.17) is 4.74 Å². The second-order valence-electron chi connectivity index (χ2n) is 6.77. The molecule has 0 unspecified atom stereocenters. The van der Waals surface area contributed by atoms with E-state index in [1.807, 2.05) is 55.6 Å². The van der Waals surface area contributed by atoms with E-state index < -0.39 is 0 Å². The first-order chi connectivity index (χ1) is 13.9. The number of hydrogen-bond acceptors (Lipinski definition) is 5. The molecule has 2 amide bonds. The third-order valence-electron chi connectivity index (χ3n) is 4.04. The van der Waals surface area contributed by atoms with Crippen LogP contribution in [0.2, 0.25) is 0 Å². The van der Waals surface area contributed by atoms with Gasteiger partial charge in [0.05, 0.1) is 18.7 Å². The van der Waals surface area contributed by atoms with Crippen LogP contribution in [0.3, 0.4) is 0 Å². The van der Waals surface area contributed by atoms with Crippen molar-refractivity contribution in [3.8, 4) is 17.0 Å². The van der Waals surface area contributed by atoms with Gasteiger partial charge in [0, 0.05) is 23.6 Å². The number of anilines is 2. The quantitative estimate of drug-likeness (QED) is 0.588. The first-order valence-corrected chi connectivity index (χ1v) is 10.1. The van der Waals surface area contributed by atoms with Gasteiger partial charge in [0.1, 0.15) is 5.75 Å². The summed E-state index contributed by atoms with van der Waals surface area (Å²) in [6, 6.07) is 13.4. The average Bonchev–Trinajstić information content (AvgIpc) is 3.09. The number of aromatic nitrogens is 1. The van der Waals surface area contributed by atoms with Gasteiger partial charge in [-0.2, -0.15) is 0 Å². The molecule has 3 aromatic rings. The minimum Gasteiger partial charge on any atom is -0.493 e. The average molecular weight is 410 g/mol. The first kappa shape index (κ1) is 20.5. The Bertz CT molecular complexity index is 992. The van der Waals surface area contributed by atoms with Crippen LogP contribution in [-0.4, -0.2) is 23.4 Å². The zero-order chi connectivity index (χ0) is 20.8. The number of rotatable bonds is 7. The molecule has 0 aliphatic heterocycles. The summed E-state index contributed by atoms with van der Waals surface area (Å²) in [7, 11) is 0. The zero-order valence-corrected chi connectivity index (χ0v) is 17.4. The van der Waals surface area contributed by atoms with Crippen molar-refractivity contribution in [3.05, 3.63) is 59.0 Å². The number of benzene rings is 2. The topological polar surface area (TPSA) is 80.3 Å². The lowest BCUT2D eigenvalue weighted by atomic mass is 10.1. The van der Waals surface area contributed by atoms with Gasteiger partial charge in [-0.25, -0.2) is 4.98 Å². The number of nitrogens with one attached hydrogen (secondary N) is 2. The van der Waals surface area contributed by atoms with Crippen LogP contribution in [0.1, 0.15) is 24.5 Å². The van der Waals surface area contributed by atoms with Gasteiger partial charge in [-0.3, -0.25) is 9.59 Å². The first-order valence-electron chi connectivity index (χ1n) is 9.23. The Morgan fingerprint density at radius 1 is 1.03 bits per heavy atom. The van der Waals surface area contributed by atoms with Crippen molar-refractivity contribution >= 4 is 34.0 Å². The van der Waals surface area contributed by atoms with Crippen molar-refractivity contribution in [1.29, 1.82) is 0 Å². The molecule has 0 saturated heterocycles. The summed E-state index contributed by atoms with van der Waals surface area (Å²) in [5.74, 6) is 0.517. The standard InChI is InChI=1S/C22H23N3O3S/c1-14-10-15(2)12-19(11-14)28-9-8-21(27)25-22-24-20(13-29-22)17-4-6-18(7-5-17)23-16(3)26/h4-7,10-13H,8-9H2,1-3H3,(H,23,26)(H,24,25,27). The van der Waals surface area contributed by atoms with Gasteiger partial charge in [0.2, 0.25) is 11.8 Å². The van der Waals surface area contributed by atoms with Gasteiger partial charge in [0.15, 0.2) is 5.13 Å². The van der Waals surface area contributed by atoms with Crippen LogP contribution in [0.4, 0.5) is 10.8 Å². The summed E-state index contributed by atoms with van der Waals surface area (Å²) in [4.78, 5) is 27.7. The molecule has 29 heavy (non-hydrogen) atoms. The minimum atomic E-state index is -0.142. The minimum absolute atomic E-state index is 0.113. The molecule has 3 rings (SSSR count). The van der Waals surface area contributed by atoms with E-state index >= 15 is 0 Å². The second-order valence-corrected chi connectivity index (χ2v) is 7.62. The van der Waals surface area contributed by atoms with Crippen molar-refractivity contribution in [2.24, 2.45) is 0 Å². The molecule has 1 heterocycles. The predicted octanol–water partition coefficient (Wildman–Crippen LogP) is 4.79. The van der Waals surface area contributed by atoms with Crippen molar-refractivity contribution in [2.75, 3.05) is 17.2 Å². The molecule has 2 aromatic carbocycles. The summed E-state index contributed by atoms with van der Waals surface area (Å²) in [5, 5.41) is 7.96. The maximum atomic E-state index is 12.2. The van der Waals surface area contributed by atoms with Gasteiger partial charge in [-0.15, -0.1) is 11.3 Å². The molecule has 0 spiro atoms. The molecule has 0 saturated carbocycles. The Morgan fingerprint density at radius 2 is 1.72 bits per heavy atom. The number of hydrogen-bond donors (Lipinski definition) is 2. The molecular weight excluding hydrogens is 386 g/mol. The molecule has 150 valence electrons. The van der Waals surface area contributed by atoms with Crippen LogP contribution in [0.15, 0.2) is 47.8 Å². The summed E-state index contributed by atoms with van der Waals surface area (Å²) in [6.07, 6.45) is 0.243. The fraction of sp³-hybridized carbons (Fsp3) is 0.227. The lowest BCUT2D eigenvalue weighted by Gasteiger charge is -2.08. The lowest BCUT2D eigenvalue weighted by molar-refractivity contribution is -0.116. The van der Waals surface area contributed by atoms with Gasteiger partial charge in [-0.1, -0.05) is 18.2 Å². The molecule has 0 atom stereocenters. The Balaban J connectivity index is 1.51. The molecule has 0 aliphatic rings. The van der Waals surface area contributed by atoms with Crippen LogP contribution < -0.4 is 15.4 Å². The maximum absolute atomic E-state index is 12.2. The number of nitrogens with zero attached hydrogens (tertiary/aromatic N) is 1. The number of amides is 2. The number of ether oxygens (including phenoxy) is 1. The summed E-state index contributed by atoms with van der Waals surface area (Å²) < 4.78 is 5.68. The largest absolute Gasteiger partial charge is 0.493 e. The molecular formula is C22H23N3O3S. The monoisotopic (exact) mass is 409 g/mol. The highest BCUT2D eigenvalue weighted by atomic mass is 32.1. The van der Waals surface area contributed by atoms with Crippen molar-refractivity contribution in [1.82, 2.24) is 4.98 Å². The van der Waals surface area contributed by atoms with E-state index in [0.717, 1.165) is 33.8 Å². The van der Waals surface area contributed by atoms with Crippen LogP contribution in [0.25, 0.3) is 11.3 Å². The van der Waals surface area contributed by atoms with Crippen LogP contribution in [-0.2, 0) is 9.59 Å². The number of carbonyl (C=O) groups is 2. The fourth-order valence-electron chi connectivity index (χ4n) is 2.85. The van der Waals surface area contributed by atoms with E-state index in [9.17, 15) is 9.59 Å². The molecule has 0 bridgehead atoms. The highest BCUT2D eigenvalue weighted by molar-refractivity contribution is 7.14. The van der Waals surface area contributed by atoms with Gasteiger partial charge in [-0.05, 0) is 49.2 Å². The molecule has 1 aromatic heterocycles. The van der Waals surface area contributed by atoms with E-state index in [1.165, 1.54) is 18.3 Å². The highest BCUT2D eigenvalue weighted by Gasteiger charge is 2.09. The molecule has 0 radical (unpaired) electrons. The zero-order valence-electron chi connectivity index (χ0n) is 16.6. The second kappa shape index (κ2) is 9.34. The van der Waals surface area contributed by atoms with E-state index in [0.29, 0.717) is 11.7 Å². The van der Waals surface area contributed by atoms with Gasteiger partial charge < -0.3 is 15.4 Å². The van der Waals surface area contributed by atoms with Crippen LogP contribution in [0, 0.1) is 13.8 Å². The third kappa shape index (κ3) is 6.15. The summed E-state index contributed by atoms with van der Waals surface area (Å²) >= 11 is 1.37. The van der Waals surface area contributed by atoms with E-state index in [2.05, 4.69) is 21.7 Å². The molecule has 0 aliphatic carbocycles. The van der Waals surface area contributed by atoms with Gasteiger partial charge >= 0.3 is 0 Å². The van der Waals surface area contributed by atoms with Crippen LogP contribution >= 0.6 is 11.3 Å². The Kier molecular flexibility index (Phi) is 6.61. The number of carbonyl (C=O) groups excluding carboxylic acids is 2. The number of aryl methyl sites for hydroxylation is 2. The number of thiazole rings is 1. The third-order valence-corrected chi connectivity index (χ3v) is 4.80. The van der Waals surface area contributed by atoms with Gasteiger partial charge in [0.25, 0.3) is 0 Å². The van der Waals surface area contributed by atoms with E-state index in [-0.39, 0.29) is 18.2 Å². The van der Waals surface area contributed by atoms with Crippen LogP contribution in [0.5, 0.6) is 5.75 Å². The smallest absolute Gasteiger partial charge is 0.229 e. The fourth-order valence-corrected chi connectivity index (χ4v) is 3.59. The Labute approximate surface area is 173 Å². The molecule has 6 nitrogen and oxygen atoms in total.